The summed E-state index contributed by atoms with van der Waals surface area (Å²) in [6, 6.07) is 15.7. The molecule has 1 aliphatic heterocycles. The topological polar surface area (TPSA) is 32.7 Å². The van der Waals surface area contributed by atoms with Gasteiger partial charge in [-0.1, -0.05) is 54.2 Å². The van der Waals surface area contributed by atoms with E-state index in [0.717, 1.165) is 35.1 Å². The van der Waals surface area contributed by atoms with Crippen molar-refractivity contribution in [3.05, 3.63) is 65.2 Å². The number of thioether (sulfide) groups is 1. The van der Waals surface area contributed by atoms with Gasteiger partial charge >= 0.3 is 0 Å². The molecule has 0 aliphatic carbocycles. The van der Waals surface area contributed by atoms with Crippen molar-refractivity contribution < 1.29 is 4.79 Å². The maximum atomic E-state index is 12.8. The number of carbonyl (C=O) groups is 1. The highest BCUT2D eigenvalue weighted by Gasteiger charge is 2.22. The Morgan fingerprint density at radius 3 is 2.56 bits per heavy atom. The Morgan fingerprint density at radius 2 is 1.88 bits per heavy atom. The number of hydrogen-bond acceptors (Lipinski definition) is 4. The number of halogens is 1. The number of rotatable bonds is 4. The van der Waals surface area contributed by atoms with Gasteiger partial charge in [0.1, 0.15) is 0 Å². The molecule has 0 spiro atoms. The SMILES string of the molecule is Br.Cc1cccc(N(CC(=O)c2ccccc2)C2=NCCCS2)c1C. The molecule has 132 valence electrons. The van der Waals surface area contributed by atoms with Crippen molar-refractivity contribution in [2.75, 3.05) is 23.7 Å². The van der Waals surface area contributed by atoms with Gasteiger partial charge in [-0.15, -0.1) is 17.0 Å². The largest absolute Gasteiger partial charge is 0.313 e. The molecule has 0 radical (unpaired) electrons. The predicted molar refractivity (Wildman–Crippen MR) is 114 cm³/mol. The Morgan fingerprint density at radius 1 is 1.12 bits per heavy atom. The van der Waals surface area contributed by atoms with Crippen LogP contribution >= 0.6 is 28.7 Å². The number of nitrogens with zero attached hydrogens (tertiary/aromatic N) is 2. The van der Waals surface area contributed by atoms with E-state index >= 15 is 0 Å². The molecule has 0 bridgehead atoms. The molecule has 25 heavy (non-hydrogen) atoms. The van der Waals surface area contributed by atoms with Gasteiger partial charge in [-0.25, -0.2) is 0 Å². The Balaban J connectivity index is 0.00000225. The molecule has 0 aromatic heterocycles. The van der Waals surface area contributed by atoms with Crippen molar-refractivity contribution in [2.45, 2.75) is 20.3 Å². The Bertz CT molecular complexity index is 762. The number of carbonyl (C=O) groups excluding carboxylic acids is 1. The summed E-state index contributed by atoms with van der Waals surface area (Å²) in [6.45, 7) is 5.37. The molecule has 0 unspecified atom stereocenters. The van der Waals surface area contributed by atoms with Gasteiger partial charge in [-0.3, -0.25) is 9.79 Å². The first kappa shape index (κ1) is 19.7. The highest BCUT2D eigenvalue weighted by molar-refractivity contribution is 8.93. The quantitative estimate of drug-likeness (QED) is 0.650. The van der Waals surface area contributed by atoms with Crippen LogP contribution in [0, 0.1) is 13.8 Å². The third-order valence-electron chi connectivity index (χ3n) is 4.28. The van der Waals surface area contributed by atoms with Crippen LogP contribution in [-0.2, 0) is 0 Å². The maximum Gasteiger partial charge on any atom is 0.182 e. The molecule has 0 saturated heterocycles. The standard InChI is InChI=1S/C20H22N2OS.BrH/c1-15-8-6-11-18(16(15)2)22(20-21-12-7-13-24-20)14-19(23)17-9-4-3-5-10-17;/h3-6,8-11H,7,12-14H2,1-2H3;1H. The van der Waals surface area contributed by atoms with E-state index in [1.54, 1.807) is 11.8 Å². The van der Waals surface area contributed by atoms with Crippen LogP contribution < -0.4 is 4.90 Å². The maximum absolute atomic E-state index is 12.8. The fourth-order valence-electron chi connectivity index (χ4n) is 2.75. The minimum atomic E-state index is 0. The second-order valence-corrected chi connectivity index (χ2v) is 7.02. The highest BCUT2D eigenvalue weighted by Crippen LogP contribution is 2.28. The van der Waals surface area contributed by atoms with Crippen molar-refractivity contribution in [3.8, 4) is 0 Å². The number of aryl methyl sites for hydroxylation is 1. The second-order valence-electron chi connectivity index (χ2n) is 5.96. The van der Waals surface area contributed by atoms with Gasteiger partial charge in [0, 0.05) is 23.5 Å². The van der Waals surface area contributed by atoms with Crippen LogP contribution in [0.3, 0.4) is 0 Å². The van der Waals surface area contributed by atoms with E-state index in [1.165, 1.54) is 11.1 Å². The van der Waals surface area contributed by atoms with Gasteiger partial charge in [-0.2, -0.15) is 0 Å². The molecule has 0 saturated carbocycles. The average molecular weight is 419 g/mol. The van der Waals surface area contributed by atoms with Crippen LogP contribution in [0.5, 0.6) is 0 Å². The molecule has 2 aromatic carbocycles. The van der Waals surface area contributed by atoms with E-state index in [4.69, 9.17) is 0 Å². The first-order chi connectivity index (χ1) is 11.7. The van der Waals surface area contributed by atoms with Gasteiger partial charge in [0.2, 0.25) is 0 Å². The van der Waals surface area contributed by atoms with Crippen LogP contribution in [0.1, 0.15) is 27.9 Å². The Labute approximate surface area is 164 Å². The lowest BCUT2D eigenvalue weighted by Crippen LogP contribution is -2.36. The number of Topliss-reactive ketones (excluding diaryl/α,β-unsaturated/α-hetero) is 1. The minimum Gasteiger partial charge on any atom is -0.313 e. The van der Waals surface area contributed by atoms with E-state index in [0.29, 0.717) is 6.54 Å². The average Bonchev–Trinajstić information content (AvgIpc) is 2.63. The first-order valence-electron chi connectivity index (χ1n) is 8.26. The smallest absolute Gasteiger partial charge is 0.182 e. The van der Waals surface area contributed by atoms with Crippen molar-refractivity contribution >= 4 is 45.4 Å². The van der Waals surface area contributed by atoms with E-state index in [1.807, 2.05) is 36.4 Å². The summed E-state index contributed by atoms with van der Waals surface area (Å²) in [6.07, 6.45) is 1.10. The molecule has 1 heterocycles. The summed E-state index contributed by atoms with van der Waals surface area (Å²) in [7, 11) is 0. The van der Waals surface area contributed by atoms with Crippen LogP contribution in [-0.4, -0.2) is 29.8 Å². The number of hydrogen-bond donors (Lipinski definition) is 0. The number of amidine groups is 1. The molecule has 3 nitrogen and oxygen atoms in total. The molecule has 0 fully saturated rings. The molecule has 3 rings (SSSR count). The van der Waals surface area contributed by atoms with Gasteiger partial charge in [0.05, 0.1) is 6.54 Å². The predicted octanol–water partition coefficient (Wildman–Crippen LogP) is 5.06. The molecular weight excluding hydrogens is 396 g/mol. The molecule has 0 N–H and O–H groups in total. The van der Waals surface area contributed by atoms with Crippen LogP contribution in [0.4, 0.5) is 5.69 Å². The van der Waals surface area contributed by atoms with Gasteiger partial charge in [0.15, 0.2) is 11.0 Å². The van der Waals surface area contributed by atoms with Crippen LogP contribution in [0.2, 0.25) is 0 Å². The summed E-state index contributed by atoms with van der Waals surface area (Å²) >= 11 is 1.74. The Kier molecular flexibility index (Phi) is 7.26. The zero-order valence-electron chi connectivity index (χ0n) is 14.6. The van der Waals surface area contributed by atoms with E-state index in [9.17, 15) is 4.79 Å². The molecular formula is C20H23BrN2OS. The number of benzene rings is 2. The van der Waals surface area contributed by atoms with Gasteiger partial charge < -0.3 is 4.90 Å². The van der Waals surface area contributed by atoms with Crippen LogP contribution in [0.25, 0.3) is 0 Å². The zero-order valence-corrected chi connectivity index (χ0v) is 17.1. The molecule has 2 aromatic rings. The Hall–Kier alpha value is -1.59. The fraction of sp³-hybridized carbons (Fsp3) is 0.300. The number of ketones is 1. The first-order valence-corrected chi connectivity index (χ1v) is 9.24. The summed E-state index contributed by atoms with van der Waals surface area (Å²) in [5.41, 5.74) is 4.25. The monoisotopic (exact) mass is 418 g/mol. The van der Waals surface area contributed by atoms with Crippen molar-refractivity contribution in [1.82, 2.24) is 0 Å². The molecule has 0 amide bonds. The molecule has 1 aliphatic rings. The number of anilines is 1. The lowest BCUT2D eigenvalue weighted by Gasteiger charge is -2.29. The summed E-state index contributed by atoms with van der Waals surface area (Å²) in [4.78, 5) is 19.5. The van der Waals surface area contributed by atoms with Gasteiger partial charge in [0.25, 0.3) is 0 Å². The third-order valence-corrected chi connectivity index (χ3v) is 5.38. The van der Waals surface area contributed by atoms with E-state index < -0.39 is 0 Å². The molecule has 0 atom stereocenters. The summed E-state index contributed by atoms with van der Waals surface area (Å²) in [5, 5.41) is 0.958. The normalized spacial score (nSPS) is 13.6. The highest BCUT2D eigenvalue weighted by atomic mass is 79.9. The number of aliphatic imine (C=N–C) groups is 1. The summed E-state index contributed by atoms with van der Waals surface area (Å²) in [5.74, 6) is 1.17. The minimum absolute atomic E-state index is 0. The van der Waals surface area contributed by atoms with E-state index in [2.05, 4.69) is 35.9 Å². The lowest BCUT2D eigenvalue weighted by molar-refractivity contribution is 0.100. The van der Waals surface area contributed by atoms with Crippen LogP contribution in [0.15, 0.2) is 53.5 Å². The van der Waals surface area contributed by atoms with Gasteiger partial charge in [-0.05, 0) is 37.5 Å². The van der Waals surface area contributed by atoms with E-state index in [-0.39, 0.29) is 22.8 Å². The second kappa shape index (κ2) is 9.20. The molecule has 5 heteroatoms. The summed E-state index contributed by atoms with van der Waals surface area (Å²) < 4.78 is 0. The zero-order chi connectivity index (χ0) is 16.9. The van der Waals surface area contributed by atoms with Crippen molar-refractivity contribution in [2.24, 2.45) is 4.99 Å². The lowest BCUT2D eigenvalue weighted by atomic mass is 10.1. The third kappa shape index (κ3) is 4.73. The van der Waals surface area contributed by atoms with Crippen molar-refractivity contribution in [3.63, 3.8) is 0 Å². The van der Waals surface area contributed by atoms with Crippen molar-refractivity contribution in [1.29, 1.82) is 0 Å². The fourth-order valence-corrected chi connectivity index (χ4v) is 3.71.